The van der Waals surface area contributed by atoms with Crippen LogP contribution in [0.2, 0.25) is 0 Å². The summed E-state index contributed by atoms with van der Waals surface area (Å²) in [5.41, 5.74) is 3.95. The van der Waals surface area contributed by atoms with E-state index in [1.54, 1.807) is 13.3 Å². The Bertz CT molecular complexity index is 1440. The lowest BCUT2D eigenvalue weighted by Crippen LogP contribution is -2.31. The number of ether oxygens (including phenoxy) is 2. The summed E-state index contributed by atoms with van der Waals surface area (Å²) in [6.45, 7) is 8.04. The van der Waals surface area contributed by atoms with Crippen molar-refractivity contribution in [3.8, 4) is 0 Å². The smallest absolute Gasteiger partial charge is 0.356 e. The van der Waals surface area contributed by atoms with Crippen molar-refractivity contribution in [3.63, 3.8) is 0 Å². The van der Waals surface area contributed by atoms with E-state index in [0.29, 0.717) is 29.7 Å². The molecule has 0 aliphatic rings. The first-order valence-electron chi connectivity index (χ1n) is 12.4. The van der Waals surface area contributed by atoms with Gasteiger partial charge in [0.05, 0.1) is 30.3 Å². The lowest BCUT2D eigenvalue weighted by molar-refractivity contribution is -0.114. The molecule has 37 heavy (non-hydrogen) atoms. The second-order valence-corrected chi connectivity index (χ2v) is 9.97. The Hall–Kier alpha value is -3.85. The van der Waals surface area contributed by atoms with E-state index in [-0.39, 0.29) is 23.2 Å². The third-order valence-corrected chi connectivity index (χ3v) is 6.62. The predicted octanol–water partition coefficient (Wildman–Crippen LogP) is 5.12. The van der Waals surface area contributed by atoms with Crippen LogP contribution in [0.1, 0.15) is 50.2 Å². The highest BCUT2D eigenvalue weighted by molar-refractivity contribution is 6.11. The number of aryl methyl sites for hydroxylation is 2. The minimum atomic E-state index is -0.537. The van der Waals surface area contributed by atoms with Gasteiger partial charge in [-0.3, -0.25) is 4.79 Å². The summed E-state index contributed by atoms with van der Waals surface area (Å²) < 4.78 is 12.5. The Balaban J connectivity index is 1.75. The molecule has 0 aliphatic heterocycles. The summed E-state index contributed by atoms with van der Waals surface area (Å²) >= 11 is 0. The normalized spacial score (nSPS) is 12.6. The number of nitrogens with zero attached hydrogens (tertiary/aromatic N) is 2. The number of pyridine rings is 1. The fraction of sp³-hybridized carbons (Fsp3) is 0.393. The van der Waals surface area contributed by atoms with Gasteiger partial charge in [0.2, 0.25) is 5.91 Å². The van der Waals surface area contributed by atoms with E-state index >= 15 is 0 Å². The van der Waals surface area contributed by atoms with Crippen LogP contribution in [0.5, 0.6) is 0 Å². The Morgan fingerprint density at radius 2 is 1.95 bits per heavy atom. The highest BCUT2D eigenvalue weighted by atomic mass is 16.5. The number of carbonyl (C=O) groups is 2. The Labute approximate surface area is 216 Å². The number of aromatic amines is 1. The number of H-pyrrole nitrogens is 1. The molecule has 3 aromatic heterocycles. The number of anilines is 2. The van der Waals surface area contributed by atoms with Crippen LogP contribution in [-0.4, -0.2) is 52.3 Å². The van der Waals surface area contributed by atoms with Crippen molar-refractivity contribution in [1.82, 2.24) is 14.5 Å². The molecule has 1 unspecified atom stereocenters. The maximum absolute atomic E-state index is 13.0. The minimum absolute atomic E-state index is 0.0995. The first kappa shape index (κ1) is 26.2. The second-order valence-electron chi connectivity index (χ2n) is 9.97. The molecule has 0 saturated carbocycles. The molecule has 9 nitrogen and oxygen atoms in total. The van der Waals surface area contributed by atoms with E-state index in [9.17, 15) is 9.59 Å². The molecule has 1 aromatic carbocycles. The number of hydrogen-bond acceptors (Lipinski definition) is 6. The van der Waals surface area contributed by atoms with Gasteiger partial charge in [-0.05, 0) is 51.3 Å². The van der Waals surface area contributed by atoms with E-state index in [1.807, 2.05) is 48.9 Å². The molecular formula is C28H35N5O4. The highest BCUT2D eigenvalue weighted by Crippen LogP contribution is 2.33. The summed E-state index contributed by atoms with van der Waals surface area (Å²) in [4.78, 5) is 33.1. The quantitative estimate of drug-likeness (QED) is 0.258. The molecule has 4 rings (SSSR count). The number of fused-ring (bicyclic) bond motifs is 2. The Morgan fingerprint density at radius 1 is 1.19 bits per heavy atom. The maximum Gasteiger partial charge on any atom is 0.356 e. The molecule has 0 bridgehead atoms. The molecule has 0 fully saturated rings. The third kappa shape index (κ3) is 5.61. The van der Waals surface area contributed by atoms with Crippen molar-refractivity contribution in [2.75, 3.05) is 24.9 Å². The molecule has 9 heteroatoms. The number of methoxy groups -OCH3 is 2. The number of carbonyl (C=O) groups excluding carboxylic acids is 2. The van der Waals surface area contributed by atoms with Gasteiger partial charge < -0.3 is 29.7 Å². The molecule has 0 aliphatic carbocycles. The summed E-state index contributed by atoms with van der Waals surface area (Å²) in [6.07, 6.45) is 5.17. The van der Waals surface area contributed by atoms with Gasteiger partial charge >= 0.3 is 5.97 Å². The average Bonchev–Trinajstić information content (AvgIpc) is 3.40. The Morgan fingerprint density at radius 3 is 2.65 bits per heavy atom. The van der Waals surface area contributed by atoms with E-state index in [0.717, 1.165) is 28.6 Å². The van der Waals surface area contributed by atoms with Gasteiger partial charge in [-0.25, -0.2) is 9.78 Å². The lowest BCUT2D eigenvalue weighted by atomic mass is 10.00. The number of rotatable bonds is 10. The number of amides is 1. The largest absolute Gasteiger partial charge is 0.464 e. The monoisotopic (exact) mass is 505 g/mol. The van der Waals surface area contributed by atoms with E-state index < -0.39 is 5.97 Å². The molecule has 196 valence electrons. The molecule has 1 atom stereocenters. The van der Waals surface area contributed by atoms with Crippen LogP contribution in [0.3, 0.4) is 0 Å². The number of esters is 1. The Kier molecular flexibility index (Phi) is 7.54. The van der Waals surface area contributed by atoms with E-state index in [1.165, 1.54) is 14.0 Å². The third-order valence-electron chi connectivity index (χ3n) is 6.62. The van der Waals surface area contributed by atoms with Crippen molar-refractivity contribution in [2.24, 2.45) is 0 Å². The molecule has 3 N–H and O–H groups in total. The summed E-state index contributed by atoms with van der Waals surface area (Å²) in [5, 5.41) is 8.11. The lowest BCUT2D eigenvalue weighted by Gasteiger charge is -2.27. The van der Waals surface area contributed by atoms with Crippen LogP contribution in [-0.2, 0) is 27.2 Å². The standard InChI is InChI=1S/C28H35N5O4/c1-17(14-28(3,4)37-6)31-20-13-22-24(32-18(2)34)25(27(35)36-5)33(26(22)30-16-20)12-11-19-15-29-23-10-8-7-9-21(19)23/h7-10,13,15-17,29,31H,11-12,14H2,1-6H3,(H,32,34). The van der Waals surface area contributed by atoms with Crippen LogP contribution < -0.4 is 10.6 Å². The summed E-state index contributed by atoms with van der Waals surface area (Å²) in [6, 6.07) is 10.1. The number of hydrogen-bond donors (Lipinski definition) is 3. The van der Waals surface area contributed by atoms with Crippen molar-refractivity contribution in [3.05, 3.63) is 54.0 Å². The maximum atomic E-state index is 13.0. The average molecular weight is 506 g/mol. The van der Waals surface area contributed by atoms with Crippen molar-refractivity contribution in [2.45, 2.75) is 58.7 Å². The van der Waals surface area contributed by atoms with E-state index in [4.69, 9.17) is 14.5 Å². The molecular weight excluding hydrogens is 470 g/mol. The molecule has 0 saturated heterocycles. The van der Waals surface area contributed by atoms with Crippen LogP contribution in [0.25, 0.3) is 21.9 Å². The van der Waals surface area contributed by atoms with Crippen molar-refractivity contribution < 1.29 is 19.1 Å². The van der Waals surface area contributed by atoms with Gasteiger partial charge in [-0.1, -0.05) is 18.2 Å². The first-order valence-corrected chi connectivity index (χ1v) is 12.4. The fourth-order valence-electron chi connectivity index (χ4n) is 4.86. The van der Waals surface area contributed by atoms with Gasteiger partial charge in [0, 0.05) is 49.1 Å². The van der Waals surface area contributed by atoms with Crippen LogP contribution in [0.4, 0.5) is 11.4 Å². The van der Waals surface area contributed by atoms with Gasteiger partial charge in [0.25, 0.3) is 0 Å². The van der Waals surface area contributed by atoms with Crippen LogP contribution in [0.15, 0.2) is 42.7 Å². The number of nitrogens with one attached hydrogen (secondary N) is 3. The van der Waals surface area contributed by atoms with Crippen molar-refractivity contribution >= 4 is 45.2 Å². The van der Waals surface area contributed by atoms with Gasteiger partial charge in [0.15, 0.2) is 5.69 Å². The fourth-order valence-corrected chi connectivity index (χ4v) is 4.86. The zero-order valence-corrected chi connectivity index (χ0v) is 22.3. The molecule has 4 aromatic rings. The zero-order valence-electron chi connectivity index (χ0n) is 22.3. The van der Waals surface area contributed by atoms with E-state index in [2.05, 4.69) is 28.6 Å². The second kappa shape index (κ2) is 10.6. The SMILES string of the molecule is COC(=O)c1c(NC(C)=O)c2cc(NC(C)CC(C)(C)OC)cnc2n1CCc1c[nH]c2ccccc12. The first-order chi connectivity index (χ1) is 17.6. The number of benzene rings is 1. The molecule has 0 radical (unpaired) electrons. The highest BCUT2D eigenvalue weighted by Gasteiger charge is 2.26. The van der Waals surface area contributed by atoms with Crippen LogP contribution in [0, 0.1) is 0 Å². The van der Waals surface area contributed by atoms with Crippen molar-refractivity contribution in [1.29, 1.82) is 0 Å². The van der Waals surface area contributed by atoms with Crippen LogP contribution >= 0.6 is 0 Å². The topological polar surface area (TPSA) is 110 Å². The molecule has 1 amide bonds. The zero-order chi connectivity index (χ0) is 26.7. The minimum Gasteiger partial charge on any atom is -0.464 e. The number of aromatic nitrogens is 3. The summed E-state index contributed by atoms with van der Waals surface area (Å²) in [7, 11) is 3.04. The molecule has 0 spiro atoms. The summed E-state index contributed by atoms with van der Waals surface area (Å²) in [5.74, 6) is -0.820. The van der Waals surface area contributed by atoms with Gasteiger partial charge in [-0.15, -0.1) is 0 Å². The van der Waals surface area contributed by atoms with Gasteiger partial charge in [-0.2, -0.15) is 0 Å². The predicted molar refractivity (Wildman–Crippen MR) is 146 cm³/mol. The molecule has 3 heterocycles. The van der Waals surface area contributed by atoms with Gasteiger partial charge in [0.1, 0.15) is 5.65 Å². The number of para-hydroxylation sites is 1.